The van der Waals surface area contributed by atoms with Crippen LogP contribution in [0.2, 0.25) is 0 Å². The van der Waals surface area contributed by atoms with Crippen LogP contribution in [0.3, 0.4) is 0 Å². The lowest BCUT2D eigenvalue weighted by Gasteiger charge is -2.28. The molecule has 0 atom stereocenters. The van der Waals surface area contributed by atoms with E-state index in [2.05, 4.69) is 39.9 Å². The van der Waals surface area contributed by atoms with E-state index in [1.54, 1.807) is 0 Å². The molecule has 0 rings (SSSR count). The standard InChI is InChI=1S/C12H27N/c1-11(2,3)7-8-12(4,5)9-10-13-6/h13H,7-10H2,1-6H3. The van der Waals surface area contributed by atoms with Crippen molar-refractivity contribution >= 4 is 0 Å². The highest BCUT2D eigenvalue weighted by molar-refractivity contribution is 4.73. The van der Waals surface area contributed by atoms with Gasteiger partial charge < -0.3 is 5.32 Å². The molecule has 1 N–H and O–H groups in total. The van der Waals surface area contributed by atoms with Gasteiger partial charge >= 0.3 is 0 Å². The summed E-state index contributed by atoms with van der Waals surface area (Å²) in [6, 6.07) is 0. The van der Waals surface area contributed by atoms with Crippen molar-refractivity contribution in [3.8, 4) is 0 Å². The summed E-state index contributed by atoms with van der Waals surface area (Å²) >= 11 is 0. The monoisotopic (exact) mass is 185 g/mol. The van der Waals surface area contributed by atoms with Crippen molar-refractivity contribution in [3.05, 3.63) is 0 Å². The Kier molecular flexibility index (Phi) is 4.98. The van der Waals surface area contributed by atoms with Gasteiger partial charge in [0.2, 0.25) is 0 Å². The second kappa shape index (κ2) is 4.99. The smallest absolute Gasteiger partial charge is 0.00468 e. The van der Waals surface area contributed by atoms with Gasteiger partial charge in [0, 0.05) is 0 Å². The molecular weight excluding hydrogens is 158 g/mol. The maximum atomic E-state index is 3.22. The van der Waals surface area contributed by atoms with Crippen molar-refractivity contribution in [2.45, 2.75) is 53.9 Å². The molecule has 13 heavy (non-hydrogen) atoms. The topological polar surface area (TPSA) is 12.0 Å². The van der Waals surface area contributed by atoms with Gasteiger partial charge in [-0.3, -0.25) is 0 Å². The second-order valence-corrected chi connectivity index (χ2v) is 6.08. The highest BCUT2D eigenvalue weighted by Crippen LogP contribution is 2.32. The van der Waals surface area contributed by atoms with Crippen LogP contribution in [-0.2, 0) is 0 Å². The molecule has 0 aliphatic rings. The Hall–Kier alpha value is -0.0400. The van der Waals surface area contributed by atoms with Crippen molar-refractivity contribution in [1.29, 1.82) is 0 Å². The van der Waals surface area contributed by atoms with Crippen LogP contribution in [0.25, 0.3) is 0 Å². The summed E-state index contributed by atoms with van der Waals surface area (Å²) in [5.74, 6) is 0. The van der Waals surface area contributed by atoms with Crippen molar-refractivity contribution in [1.82, 2.24) is 5.32 Å². The molecule has 0 amide bonds. The third kappa shape index (κ3) is 8.29. The van der Waals surface area contributed by atoms with Gasteiger partial charge in [-0.05, 0) is 43.7 Å². The van der Waals surface area contributed by atoms with Crippen molar-refractivity contribution in [2.75, 3.05) is 13.6 Å². The van der Waals surface area contributed by atoms with E-state index in [4.69, 9.17) is 0 Å². The van der Waals surface area contributed by atoms with Crippen molar-refractivity contribution in [2.24, 2.45) is 10.8 Å². The molecule has 0 spiro atoms. The van der Waals surface area contributed by atoms with E-state index in [0.29, 0.717) is 10.8 Å². The van der Waals surface area contributed by atoms with Crippen LogP contribution < -0.4 is 5.32 Å². The predicted molar refractivity (Wildman–Crippen MR) is 61.0 cm³/mol. The van der Waals surface area contributed by atoms with Gasteiger partial charge in [0.25, 0.3) is 0 Å². The average Bonchev–Trinajstić information content (AvgIpc) is 1.97. The fraction of sp³-hybridized carbons (Fsp3) is 1.00. The minimum Gasteiger partial charge on any atom is -0.320 e. The number of hydrogen-bond acceptors (Lipinski definition) is 1. The van der Waals surface area contributed by atoms with Gasteiger partial charge in [-0.1, -0.05) is 34.6 Å². The first-order chi connectivity index (χ1) is 5.77. The van der Waals surface area contributed by atoms with E-state index in [0.717, 1.165) is 6.54 Å². The van der Waals surface area contributed by atoms with Crippen LogP contribution >= 0.6 is 0 Å². The fourth-order valence-electron chi connectivity index (χ4n) is 1.30. The molecule has 0 saturated carbocycles. The Morgan fingerprint density at radius 2 is 1.38 bits per heavy atom. The second-order valence-electron chi connectivity index (χ2n) is 6.08. The van der Waals surface area contributed by atoms with Gasteiger partial charge in [0.1, 0.15) is 0 Å². The van der Waals surface area contributed by atoms with E-state index in [9.17, 15) is 0 Å². The number of hydrogen-bond donors (Lipinski definition) is 1. The molecule has 1 heteroatoms. The zero-order chi connectivity index (χ0) is 10.5. The summed E-state index contributed by atoms with van der Waals surface area (Å²) in [7, 11) is 2.03. The first-order valence-corrected chi connectivity index (χ1v) is 5.41. The maximum Gasteiger partial charge on any atom is -0.00468 e. The molecule has 0 aromatic heterocycles. The molecule has 0 aromatic rings. The summed E-state index contributed by atoms with van der Waals surface area (Å²) < 4.78 is 0. The van der Waals surface area contributed by atoms with Crippen LogP contribution in [0.5, 0.6) is 0 Å². The van der Waals surface area contributed by atoms with Crippen LogP contribution in [0.1, 0.15) is 53.9 Å². The SMILES string of the molecule is CNCCC(C)(C)CCC(C)(C)C. The highest BCUT2D eigenvalue weighted by Gasteiger charge is 2.20. The zero-order valence-corrected chi connectivity index (χ0v) is 10.3. The molecule has 0 aliphatic heterocycles. The fourth-order valence-corrected chi connectivity index (χ4v) is 1.30. The Morgan fingerprint density at radius 1 is 0.846 bits per heavy atom. The molecule has 1 nitrogen and oxygen atoms in total. The predicted octanol–water partition coefficient (Wildman–Crippen LogP) is 3.45. The van der Waals surface area contributed by atoms with Crippen molar-refractivity contribution < 1.29 is 0 Å². The van der Waals surface area contributed by atoms with Gasteiger partial charge in [0.05, 0.1) is 0 Å². The average molecular weight is 185 g/mol. The molecule has 0 heterocycles. The third-order valence-corrected chi connectivity index (χ3v) is 2.60. The summed E-state index contributed by atoms with van der Waals surface area (Å²) in [6.07, 6.45) is 3.93. The minimum absolute atomic E-state index is 0.483. The van der Waals surface area contributed by atoms with E-state index < -0.39 is 0 Å². The molecule has 80 valence electrons. The molecule has 0 aromatic carbocycles. The third-order valence-electron chi connectivity index (χ3n) is 2.60. The van der Waals surface area contributed by atoms with E-state index in [-0.39, 0.29) is 0 Å². The molecule has 0 aliphatic carbocycles. The first-order valence-electron chi connectivity index (χ1n) is 5.41. The molecular formula is C12H27N. The summed E-state index contributed by atoms with van der Waals surface area (Å²) in [5.41, 5.74) is 0.979. The lowest BCUT2D eigenvalue weighted by Crippen LogP contribution is -2.21. The molecule has 0 unspecified atom stereocenters. The maximum absolute atomic E-state index is 3.22. The largest absolute Gasteiger partial charge is 0.320 e. The lowest BCUT2D eigenvalue weighted by molar-refractivity contribution is 0.240. The minimum atomic E-state index is 0.483. The van der Waals surface area contributed by atoms with Crippen LogP contribution in [-0.4, -0.2) is 13.6 Å². The zero-order valence-electron chi connectivity index (χ0n) is 10.3. The Bertz CT molecular complexity index is 131. The lowest BCUT2D eigenvalue weighted by atomic mass is 9.78. The molecule has 0 fully saturated rings. The van der Waals surface area contributed by atoms with Crippen LogP contribution in [0.4, 0.5) is 0 Å². The van der Waals surface area contributed by atoms with E-state index in [1.807, 2.05) is 7.05 Å². The Morgan fingerprint density at radius 3 is 1.77 bits per heavy atom. The van der Waals surface area contributed by atoms with Gasteiger partial charge in [-0.15, -0.1) is 0 Å². The Labute approximate surface area is 84.3 Å². The molecule has 0 radical (unpaired) electrons. The molecule has 0 saturated heterocycles. The Balaban J connectivity index is 3.75. The summed E-state index contributed by atoms with van der Waals surface area (Å²) in [6.45, 7) is 12.8. The van der Waals surface area contributed by atoms with E-state index in [1.165, 1.54) is 19.3 Å². The summed E-state index contributed by atoms with van der Waals surface area (Å²) in [4.78, 5) is 0. The van der Waals surface area contributed by atoms with Gasteiger partial charge in [-0.25, -0.2) is 0 Å². The van der Waals surface area contributed by atoms with Crippen molar-refractivity contribution in [3.63, 3.8) is 0 Å². The number of nitrogens with one attached hydrogen (secondary N) is 1. The van der Waals surface area contributed by atoms with Gasteiger partial charge in [-0.2, -0.15) is 0 Å². The quantitative estimate of drug-likeness (QED) is 0.692. The first kappa shape index (κ1) is 13.0. The van der Waals surface area contributed by atoms with Gasteiger partial charge in [0.15, 0.2) is 0 Å². The van der Waals surface area contributed by atoms with Crippen LogP contribution in [0.15, 0.2) is 0 Å². The number of rotatable bonds is 5. The summed E-state index contributed by atoms with van der Waals surface area (Å²) in [5, 5.41) is 3.22. The highest BCUT2D eigenvalue weighted by atomic mass is 14.8. The van der Waals surface area contributed by atoms with Crippen LogP contribution in [0, 0.1) is 10.8 Å². The molecule has 0 bridgehead atoms. The normalized spacial score (nSPS) is 13.4. The van der Waals surface area contributed by atoms with E-state index >= 15 is 0 Å².